The van der Waals surface area contributed by atoms with E-state index >= 15 is 0 Å². The molecule has 6 nitrogen and oxygen atoms in total. The van der Waals surface area contributed by atoms with Crippen LogP contribution in [-0.4, -0.2) is 35.1 Å². The fourth-order valence-electron chi connectivity index (χ4n) is 2.92. The van der Waals surface area contributed by atoms with Crippen molar-refractivity contribution in [1.29, 1.82) is 0 Å². The number of nitrogens with one attached hydrogen (secondary N) is 2. The summed E-state index contributed by atoms with van der Waals surface area (Å²) in [6, 6.07) is 4.12. The molecule has 0 radical (unpaired) electrons. The first kappa shape index (κ1) is 18.3. The van der Waals surface area contributed by atoms with Gasteiger partial charge >= 0.3 is 0 Å². The number of ether oxygens (including phenoxy) is 1. The average molecular weight is 358 g/mol. The van der Waals surface area contributed by atoms with Crippen molar-refractivity contribution in [3.8, 4) is 5.75 Å². The highest BCUT2D eigenvalue weighted by Crippen LogP contribution is 2.23. The zero-order chi connectivity index (χ0) is 18.5. The maximum atomic E-state index is 13.7. The Hall–Kier alpha value is -2.54. The van der Waals surface area contributed by atoms with E-state index < -0.39 is 5.82 Å². The number of hydrogen-bond donors (Lipinski definition) is 2. The van der Waals surface area contributed by atoms with Gasteiger partial charge < -0.3 is 15.4 Å². The van der Waals surface area contributed by atoms with Crippen molar-refractivity contribution < 1.29 is 13.9 Å². The molecule has 0 spiro atoms. The van der Waals surface area contributed by atoms with Crippen molar-refractivity contribution in [1.82, 2.24) is 15.3 Å². The molecule has 2 heterocycles. The molecule has 1 saturated heterocycles. The number of hydrogen-bond acceptors (Lipinski definition) is 5. The summed E-state index contributed by atoms with van der Waals surface area (Å²) in [6.07, 6.45) is 4.94. The fraction of sp³-hybridized carbons (Fsp3) is 0.421. The smallest absolute Gasteiger partial charge is 0.258 e. The molecule has 2 N–H and O–H groups in total. The lowest BCUT2D eigenvalue weighted by Crippen LogP contribution is -2.27. The van der Waals surface area contributed by atoms with Gasteiger partial charge in [0.2, 0.25) is 0 Å². The first-order chi connectivity index (χ1) is 12.5. The highest BCUT2D eigenvalue weighted by molar-refractivity contribution is 6.03. The number of benzene rings is 1. The van der Waals surface area contributed by atoms with Crippen molar-refractivity contribution >= 4 is 11.6 Å². The van der Waals surface area contributed by atoms with Crippen LogP contribution in [0.2, 0.25) is 0 Å². The summed E-state index contributed by atoms with van der Waals surface area (Å²) in [5, 5.41) is 5.96. The van der Waals surface area contributed by atoms with Gasteiger partial charge in [0.1, 0.15) is 17.4 Å². The summed E-state index contributed by atoms with van der Waals surface area (Å²) in [6.45, 7) is 5.61. The minimum Gasteiger partial charge on any atom is -0.491 e. The largest absolute Gasteiger partial charge is 0.491 e. The minimum atomic E-state index is -0.476. The van der Waals surface area contributed by atoms with Crippen molar-refractivity contribution in [3.05, 3.63) is 47.8 Å². The van der Waals surface area contributed by atoms with Crippen LogP contribution in [0.1, 0.15) is 48.8 Å². The van der Waals surface area contributed by atoms with Gasteiger partial charge in [0.25, 0.3) is 5.91 Å². The molecule has 26 heavy (non-hydrogen) atoms. The Morgan fingerprint density at radius 2 is 1.92 bits per heavy atom. The third kappa shape index (κ3) is 4.76. The van der Waals surface area contributed by atoms with Crippen molar-refractivity contribution in [2.75, 3.05) is 18.4 Å². The van der Waals surface area contributed by atoms with E-state index in [4.69, 9.17) is 4.74 Å². The van der Waals surface area contributed by atoms with E-state index in [1.807, 2.05) is 13.8 Å². The molecule has 7 heteroatoms. The molecular formula is C19H23FN4O2. The zero-order valence-corrected chi connectivity index (χ0v) is 15.0. The maximum absolute atomic E-state index is 13.7. The molecule has 0 aliphatic carbocycles. The highest BCUT2D eigenvalue weighted by atomic mass is 19.1. The predicted octanol–water partition coefficient (Wildman–Crippen LogP) is 3.12. The maximum Gasteiger partial charge on any atom is 0.258 e. The Bertz CT molecular complexity index is 759. The van der Waals surface area contributed by atoms with E-state index in [0.29, 0.717) is 22.9 Å². The predicted molar refractivity (Wildman–Crippen MR) is 97.0 cm³/mol. The Morgan fingerprint density at radius 1 is 1.23 bits per heavy atom. The molecule has 1 aliphatic rings. The topological polar surface area (TPSA) is 76.1 Å². The number of halogens is 1. The van der Waals surface area contributed by atoms with Gasteiger partial charge in [-0.2, -0.15) is 0 Å². The second-order valence-corrected chi connectivity index (χ2v) is 6.65. The van der Waals surface area contributed by atoms with Crippen LogP contribution in [0.4, 0.5) is 10.1 Å². The lowest BCUT2D eigenvalue weighted by molar-refractivity contribution is 0.102. The summed E-state index contributed by atoms with van der Waals surface area (Å²) in [7, 11) is 0. The van der Waals surface area contributed by atoms with Crippen molar-refractivity contribution in [3.63, 3.8) is 0 Å². The third-order valence-corrected chi connectivity index (χ3v) is 4.14. The van der Waals surface area contributed by atoms with Crippen molar-refractivity contribution in [2.24, 2.45) is 0 Å². The average Bonchev–Trinajstić information content (AvgIpc) is 2.61. The van der Waals surface area contributed by atoms with E-state index in [-0.39, 0.29) is 12.0 Å². The van der Waals surface area contributed by atoms with Crippen LogP contribution >= 0.6 is 0 Å². The summed E-state index contributed by atoms with van der Waals surface area (Å²) >= 11 is 0. The van der Waals surface area contributed by atoms with Gasteiger partial charge in [0, 0.05) is 36.1 Å². The molecule has 0 atom stereocenters. The molecule has 3 rings (SSSR count). The number of aromatic nitrogens is 2. The van der Waals surface area contributed by atoms with E-state index in [2.05, 4.69) is 20.6 Å². The van der Waals surface area contributed by atoms with Crippen LogP contribution in [0, 0.1) is 5.82 Å². The number of amides is 1. The quantitative estimate of drug-likeness (QED) is 0.859. The first-order valence-corrected chi connectivity index (χ1v) is 8.82. The van der Waals surface area contributed by atoms with Crippen LogP contribution < -0.4 is 15.4 Å². The van der Waals surface area contributed by atoms with Gasteiger partial charge in [-0.05, 0) is 45.8 Å². The molecular weight excluding hydrogens is 335 g/mol. The highest BCUT2D eigenvalue weighted by Gasteiger charge is 2.18. The Morgan fingerprint density at radius 3 is 2.58 bits per heavy atom. The van der Waals surface area contributed by atoms with Crippen molar-refractivity contribution in [2.45, 2.75) is 38.7 Å². The van der Waals surface area contributed by atoms with Gasteiger partial charge in [-0.3, -0.25) is 4.79 Å². The number of nitrogens with zero attached hydrogens (tertiary/aromatic N) is 2. The Balaban J connectivity index is 1.68. The Kier molecular flexibility index (Phi) is 5.78. The van der Waals surface area contributed by atoms with E-state index in [1.165, 1.54) is 24.5 Å². The number of carbonyl (C=O) groups excluding carboxylic acids is 1. The van der Waals surface area contributed by atoms with Crippen LogP contribution in [0.5, 0.6) is 5.75 Å². The summed E-state index contributed by atoms with van der Waals surface area (Å²) < 4.78 is 19.2. The zero-order valence-electron chi connectivity index (χ0n) is 15.0. The molecule has 1 fully saturated rings. The van der Waals surface area contributed by atoms with Crippen LogP contribution in [0.3, 0.4) is 0 Å². The second-order valence-electron chi connectivity index (χ2n) is 6.65. The lowest BCUT2D eigenvalue weighted by Gasteiger charge is -2.21. The first-order valence-electron chi connectivity index (χ1n) is 8.82. The summed E-state index contributed by atoms with van der Waals surface area (Å²) in [5.41, 5.74) is 0.659. The standard InChI is InChI=1S/C19H23FN4O2/c1-12(2)26-17-8-15(20)7-16(9-17)24-19(25)14-10-22-18(23-11-14)13-3-5-21-6-4-13/h7-13,21H,3-6H2,1-2H3,(H,24,25). The molecule has 1 amide bonds. The molecule has 1 aromatic heterocycles. The normalized spacial score (nSPS) is 15.1. The number of piperidine rings is 1. The molecule has 0 unspecified atom stereocenters. The molecule has 1 aliphatic heterocycles. The van der Waals surface area contributed by atoms with Crippen LogP contribution in [0.25, 0.3) is 0 Å². The fourth-order valence-corrected chi connectivity index (χ4v) is 2.92. The molecule has 0 saturated carbocycles. The second kappa shape index (κ2) is 8.23. The third-order valence-electron chi connectivity index (χ3n) is 4.14. The van der Waals surface area contributed by atoms with E-state index in [0.717, 1.165) is 31.8 Å². The number of rotatable bonds is 5. The van der Waals surface area contributed by atoms with Crippen LogP contribution in [-0.2, 0) is 0 Å². The van der Waals surface area contributed by atoms with Crippen LogP contribution in [0.15, 0.2) is 30.6 Å². The van der Waals surface area contributed by atoms with Gasteiger partial charge in [-0.15, -0.1) is 0 Å². The minimum absolute atomic E-state index is 0.0868. The SMILES string of the molecule is CC(C)Oc1cc(F)cc(NC(=O)c2cnc(C3CCNCC3)nc2)c1. The summed E-state index contributed by atoms with van der Waals surface area (Å²) in [4.78, 5) is 21.1. The van der Waals surface area contributed by atoms with Gasteiger partial charge in [0.05, 0.1) is 11.7 Å². The number of anilines is 1. The summed E-state index contributed by atoms with van der Waals surface area (Å²) in [5.74, 6) is 0.598. The van der Waals surface area contributed by atoms with Gasteiger partial charge in [0.15, 0.2) is 0 Å². The Labute approximate surface area is 152 Å². The lowest BCUT2D eigenvalue weighted by atomic mass is 9.97. The molecule has 1 aromatic carbocycles. The van der Waals surface area contributed by atoms with Gasteiger partial charge in [-0.25, -0.2) is 14.4 Å². The van der Waals surface area contributed by atoms with E-state index in [9.17, 15) is 9.18 Å². The molecule has 138 valence electrons. The monoisotopic (exact) mass is 358 g/mol. The van der Waals surface area contributed by atoms with E-state index in [1.54, 1.807) is 6.07 Å². The molecule has 0 bridgehead atoms. The molecule has 2 aromatic rings. The number of carbonyl (C=O) groups is 1. The van der Waals surface area contributed by atoms with Gasteiger partial charge in [-0.1, -0.05) is 0 Å².